The molecule has 1 saturated heterocycles. The number of aromatic nitrogens is 2. The highest BCUT2D eigenvalue weighted by atomic mass is 16.2. The number of nitrogens with two attached hydrogens (primary N) is 1. The quantitative estimate of drug-likeness (QED) is 0.911. The van der Waals surface area contributed by atoms with Gasteiger partial charge in [0.1, 0.15) is 0 Å². The van der Waals surface area contributed by atoms with Crippen molar-refractivity contribution in [3.63, 3.8) is 0 Å². The fourth-order valence-corrected chi connectivity index (χ4v) is 3.63. The third-order valence-corrected chi connectivity index (χ3v) is 5.36. The lowest BCUT2D eigenvalue weighted by atomic mass is 9.90. The van der Waals surface area contributed by atoms with Crippen molar-refractivity contribution in [1.82, 2.24) is 15.1 Å². The molecule has 2 fully saturated rings. The fourth-order valence-electron chi connectivity index (χ4n) is 3.63. The molecule has 4 rings (SSSR count). The smallest absolute Gasteiger partial charge is 0.242 e. The van der Waals surface area contributed by atoms with Gasteiger partial charge in [0.05, 0.1) is 11.7 Å². The van der Waals surface area contributed by atoms with Crippen LogP contribution in [0.15, 0.2) is 30.5 Å². The lowest BCUT2D eigenvalue weighted by molar-refractivity contribution is -0.134. The first-order valence-electron chi connectivity index (χ1n) is 8.75. The maximum absolute atomic E-state index is 12.6. The van der Waals surface area contributed by atoms with Gasteiger partial charge >= 0.3 is 0 Å². The molecule has 5 nitrogen and oxygen atoms in total. The van der Waals surface area contributed by atoms with Gasteiger partial charge < -0.3 is 10.6 Å². The van der Waals surface area contributed by atoms with Crippen LogP contribution < -0.4 is 5.73 Å². The van der Waals surface area contributed by atoms with Crippen LogP contribution in [0.2, 0.25) is 0 Å². The zero-order valence-electron chi connectivity index (χ0n) is 14.1. The minimum absolute atomic E-state index is 0.128. The molecule has 126 valence electrons. The summed E-state index contributed by atoms with van der Waals surface area (Å²) in [5, 5.41) is 7.46. The number of nitrogens with one attached hydrogen (secondary N) is 1. The van der Waals surface area contributed by atoms with Gasteiger partial charge in [0.25, 0.3) is 0 Å². The Bertz CT molecular complexity index is 745. The zero-order valence-corrected chi connectivity index (χ0v) is 14.1. The molecule has 1 saturated carbocycles. The molecule has 0 spiro atoms. The Labute approximate surface area is 142 Å². The molecule has 0 bridgehead atoms. The van der Waals surface area contributed by atoms with E-state index in [0.717, 1.165) is 50.0 Å². The van der Waals surface area contributed by atoms with Gasteiger partial charge in [-0.3, -0.25) is 9.89 Å². The van der Waals surface area contributed by atoms with Crippen LogP contribution in [0.3, 0.4) is 0 Å². The van der Waals surface area contributed by atoms with Crippen LogP contribution in [0.5, 0.6) is 0 Å². The van der Waals surface area contributed by atoms with Crippen LogP contribution in [-0.2, 0) is 4.79 Å². The lowest BCUT2D eigenvalue weighted by Gasteiger charge is -2.34. The molecule has 0 unspecified atom stereocenters. The Morgan fingerprint density at radius 2 is 2.08 bits per heavy atom. The van der Waals surface area contributed by atoms with E-state index in [1.54, 1.807) is 0 Å². The fraction of sp³-hybridized carbons (Fsp3) is 0.474. The van der Waals surface area contributed by atoms with Crippen LogP contribution in [0.25, 0.3) is 11.1 Å². The van der Waals surface area contributed by atoms with Crippen LogP contribution in [0.4, 0.5) is 0 Å². The van der Waals surface area contributed by atoms with Crippen molar-refractivity contribution in [2.75, 3.05) is 13.1 Å². The van der Waals surface area contributed by atoms with Crippen molar-refractivity contribution < 1.29 is 4.79 Å². The first-order valence-corrected chi connectivity index (χ1v) is 8.75. The summed E-state index contributed by atoms with van der Waals surface area (Å²) in [7, 11) is 0. The summed E-state index contributed by atoms with van der Waals surface area (Å²) in [5.41, 5.74) is 10.2. The van der Waals surface area contributed by atoms with Crippen molar-refractivity contribution in [1.29, 1.82) is 0 Å². The number of rotatable bonds is 3. The average Bonchev–Trinajstić information content (AvgIpc) is 3.17. The summed E-state index contributed by atoms with van der Waals surface area (Å²) in [6, 6.07) is 8.51. The van der Waals surface area contributed by atoms with E-state index in [4.69, 9.17) is 5.73 Å². The number of nitrogens with zero attached hydrogens (tertiary/aromatic N) is 2. The number of aromatic amines is 1. The first kappa shape index (κ1) is 15.4. The van der Waals surface area contributed by atoms with Crippen molar-refractivity contribution in [3.05, 3.63) is 41.7 Å². The number of aryl methyl sites for hydroxylation is 1. The Balaban J connectivity index is 1.57. The van der Waals surface area contributed by atoms with Crippen molar-refractivity contribution in [2.24, 2.45) is 5.73 Å². The topological polar surface area (TPSA) is 75.0 Å². The van der Waals surface area contributed by atoms with Crippen molar-refractivity contribution >= 4 is 5.91 Å². The van der Waals surface area contributed by atoms with Gasteiger partial charge in [0, 0.05) is 30.3 Å². The van der Waals surface area contributed by atoms with Gasteiger partial charge in [0.15, 0.2) is 0 Å². The molecule has 1 aliphatic carbocycles. The van der Waals surface area contributed by atoms with E-state index in [-0.39, 0.29) is 5.91 Å². The number of carbonyl (C=O) groups excluding carboxylic acids is 1. The number of amides is 1. The molecule has 1 aromatic carbocycles. The Morgan fingerprint density at radius 3 is 2.79 bits per heavy atom. The summed E-state index contributed by atoms with van der Waals surface area (Å²) < 4.78 is 0. The van der Waals surface area contributed by atoms with Gasteiger partial charge in [-0.1, -0.05) is 29.8 Å². The van der Waals surface area contributed by atoms with Crippen molar-refractivity contribution in [3.8, 4) is 11.1 Å². The SMILES string of the molecule is Cc1ccc(-c2cn[nH]c2[C@@H]2CCCN(C(=O)C3(N)CC3)C2)cc1. The second-order valence-corrected chi connectivity index (χ2v) is 7.31. The van der Waals surface area contributed by atoms with Gasteiger partial charge in [-0.05, 0) is 38.2 Å². The Kier molecular flexibility index (Phi) is 3.68. The molecular weight excluding hydrogens is 300 g/mol. The predicted molar refractivity (Wildman–Crippen MR) is 93.5 cm³/mol. The maximum atomic E-state index is 12.6. The highest BCUT2D eigenvalue weighted by Gasteiger charge is 2.48. The van der Waals surface area contributed by atoms with E-state index in [0.29, 0.717) is 5.92 Å². The highest BCUT2D eigenvalue weighted by molar-refractivity contribution is 5.89. The predicted octanol–water partition coefficient (Wildman–Crippen LogP) is 2.58. The summed E-state index contributed by atoms with van der Waals surface area (Å²) in [4.78, 5) is 14.5. The van der Waals surface area contributed by atoms with E-state index >= 15 is 0 Å². The summed E-state index contributed by atoms with van der Waals surface area (Å²) >= 11 is 0. The number of carbonyl (C=O) groups is 1. The van der Waals surface area contributed by atoms with E-state index in [9.17, 15) is 4.79 Å². The molecule has 24 heavy (non-hydrogen) atoms. The molecule has 1 aliphatic heterocycles. The van der Waals surface area contributed by atoms with E-state index < -0.39 is 5.54 Å². The van der Waals surface area contributed by atoms with E-state index in [1.165, 1.54) is 11.1 Å². The third kappa shape index (κ3) is 2.73. The zero-order chi connectivity index (χ0) is 16.7. The highest BCUT2D eigenvalue weighted by Crippen LogP contribution is 2.38. The summed E-state index contributed by atoms with van der Waals surface area (Å²) in [6.45, 7) is 3.65. The molecule has 2 aromatic rings. The second kappa shape index (κ2) is 5.74. The standard InChI is InChI=1S/C19H24N4O/c1-13-4-6-14(7-5-13)16-11-21-22-17(16)15-3-2-10-23(12-15)18(24)19(20)8-9-19/h4-7,11,15H,2-3,8-10,12,20H2,1H3,(H,21,22)/t15-/m1/s1. The van der Waals surface area contributed by atoms with E-state index in [1.807, 2.05) is 11.1 Å². The number of benzene rings is 1. The summed E-state index contributed by atoms with van der Waals surface area (Å²) in [6.07, 6.45) is 5.63. The second-order valence-electron chi connectivity index (χ2n) is 7.31. The lowest BCUT2D eigenvalue weighted by Crippen LogP contribution is -2.49. The molecule has 1 aromatic heterocycles. The maximum Gasteiger partial charge on any atom is 0.242 e. The molecule has 2 heterocycles. The number of H-pyrrole nitrogens is 1. The van der Waals surface area contributed by atoms with Crippen LogP contribution in [0, 0.1) is 6.92 Å². The van der Waals surface area contributed by atoms with Crippen LogP contribution in [-0.4, -0.2) is 39.6 Å². The van der Waals surface area contributed by atoms with Gasteiger partial charge in [-0.15, -0.1) is 0 Å². The Hall–Kier alpha value is -2.14. The molecule has 1 amide bonds. The minimum Gasteiger partial charge on any atom is -0.340 e. The van der Waals surface area contributed by atoms with Gasteiger partial charge in [-0.2, -0.15) is 5.10 Å². The van der Waals surface area contributed by atoms with Crippen molar-refractivity contribution in [2.45, 2.75) is 44.1 Å². The summed E-state index contributed by atoms with van der Waals surface area (Å²) in [5.74, 6) is 0.424. The number of hydrogen-bond donors (Lipinski definition) is 2. The Morgan fingerprint density at radius 1 is 1.33 bits per heavy atom. The normalized spacial score (nSPS) is 22.4. The largest absolute Gasteiger partial charge is 0.340 e. The van der Waals surface area contributed by atoms with Gasteiger partial charge in [-0.25, -0.2) is 0 Å². The monoisotopic (exact) mass is 324 g/mol. The van der Waals surface area contributed by atoms with E-state index in [2.05, 4.69) is 41.4 Å². The molecule has 5 heteroatoms. The van der Waals surface area contributed by atoms with Crippen LogP contribution >= 0.6 is 0 Å². The molecular formula is C19H24N4O. The first-order chi connectivity index (χ1) is 11.6. The number of piperidine rings is 1. The number of hydrogen-bond acceptors (Lipinski definition) is 3. The molecule has 1 atom stereocenters. The molecule has 0 radical (unpaired) electrons. The third-order valence-electron chi connectivity index (χ3n) is 5.36. The minimum atomic E-state index is -0.574. The van der Waals surface area contributed by atoms with Crippen LogP contribution in [0.1, 0.15) is 42.9 Å². The van der Waals surface area contributed by atoms with Gasteiger partial charge in [0.2, 0.25) is 5.91 Å². The average molecular weight is 324 g/mol. The molecule has 3 N–H and O–H groups in total. The number of likely N-dealkylation sites (tertiary alicyclic amines) is 1. The molecule has 2 aliphatic rings.